The Morgan fingerprint density at radius 2 is 1.93 bits per heavy atom. The lowest BCUT2D eigenvalue weighted by Crippen LogP contribution is -2.38. The smallest absolute Gasteiger partial charge is 0.265 e. The number of ether oxygens (including phenoxy) is 1. The largest absolute Gasteiger partial charge is 0.482 e. The monoisotopic (exact) mass is 402 g/mol. The first-order valence-corrected chi connectivity index (χ1v) is 10.4. The Morgan fingerprint density at radius 1 is 1.21 bits per heavy atom. The van der Waals surface area contributed by atoms with Crippen molar-refractivity contribution < 1.29 is 19.4 Å². The minimum absolute atomic E-state index is 0.0535. The fourth-order valence-corrected chi connectivity index (χ4v) is 4.10. The average molecular weight is 403 g/mol. The number of carbonyl (C=O) groups is 2. The zero-order valence-electron chi connectivity index (χ0n) is 16.0. The Kier molecular flexibility index (Phi) is 7.06. The summed E-state index contributed by atoms with van der Waals surface area (Å²) < 4.78 is 5.79. The van der Waals surface area contributed by atoms with E-state index >= 15 is 0 Å². The molecule has 7 heteroatoms. The Hall–Kier alpha value is -2.38. The first-order valence-electron chi connectivity index (χ1n) is 9.60. The number of aliphatic hydroxyl groups is 1. The summed E-state index contributed by atoms with van der Waals surface area (Å²) in [6.45, 7) is 3.03. The minimum atomic E-state index is -0.363. The number of piperidine rings is 1. The molecule has 1 aromatic heterocycles. The Bertz CT molecular complexity index is 800. The molecule has 2 amide bonds. The van der Waals surface area contributed by atoms with Crippen molar-refractivity contribution in [2.75, 3.05) is 26.3 Å². The second-order valence-corrected chi connectivity index (χ2v) is 8.01. The van der Waals surface area contributed by atoms with Crippen molar-refractivity contribution in [3.63, 3.8) is 0 Å². The predicted molar refractivity (Wildman–Crippen MR) is 110 cm³/mol. The van der Waals surface area contributed by atoms with Crippen LogP contribution in [0.4, 0.5) is 0 Å². The van der Waals surface area contributed by atoms with Crippen LogP contribution in [0.1, 0.15) is 35.9 Å². The number of hydrogen-bond donors (Lipinski definition) is 2. The fraction of sp³-hybridized carbons (Fsp3) is 0.429. The van der Waals surface area contributed by atoms with Crippen LogP contribution in [0.2, 0.25) is 0 Å². The third-order valence-corrected chi connectivity index (χ3v) is 5.84. The first-order chi connectivity index (χ1) is 13.6. The molecule has 2 N–H and O–H groups in total. The van der Waals surface area contributed by atoms with E-state index in [4.69, 9.17) is 4.74 Å². The molecule has 1 unspecified atom stereocenters. The van der Waals surface area contributed by atoms with Crippen LogP contribution in [-0.2, 0) is 4.79 Å². The first kappa shape index (κ1) is 20.4. The zero-order chi connectivity index (χ0) is 19.9. The van der Waals surface area contributed by atoms with Crippen molar-refractivity contribution >= 4 is 23.2 Å². The van der Waals surface area contributed by atoms with Gasteiger partial charge in [0.05, 0.1) is 6.61 Å². The van der Waals surface area contributed by atoms with Crippen molar-refractivity contribution in [1.82, 2.24) is 10.2 Å². The number of nitrogens with one attached hydrogen (secondary N) is 1. The van der Waals surface area contributed by atoms with Crippen LogP contribution in [0.15, 0.2) is 36.4 Å². The number of thiophene rings is 1. The van der Waals surface area contributed by atoms with Gasteiger partial charge >= 0.3 is 0 Å². The molecular weight excluding hydrogens is 376 g/mol. The van der Waals surface area contributed by atoms with Crippen molar-refractivity contribution in [3.8, 4) is 16.2 Å². The number of benzene rings is 1. The Balaban J connectivity index is 1.77. The van der Waals surface area contributed by atoms with E-state index in [1.54, 1.807) is 6.92 Å². The molecule has 1 aliphatic heterocycles. The van der Waals surface area contributed by atoms with Gasteiger partial charge in [0.25, 0.3) is 11.8 Å². The van der Waals surface area contributed by atoms with Crippen molar-refractivity contribution in [2.45, 2.75) is 32.2 Å². The summed E-state index contributed by atoms with van der Waals surface area (Å²) in [6, 6.07) is 11.2. The highest BCUT2D eigenvalue weighted by Gasteiger charge is 2.22. The van der Waals surface area contributed by atoms with E-state index in [1.165, 1.54) is 11.3 Å². The molecule has 0 radical (unpaired) electrons. The molecule has 0 saturated carbocycles. The summed E-state index contributed by atoms with van der Waals surface area (Å²) in [6.07, 6.45) is 3.20. The lowest BCUT2D eigenvalue weighted by molar-refractivity contribution is -0.134. The van der Waals surface area contributed by atoms with E-state index in [2.05, 4.69) is 5.32 Å². The molecule has 28 heavy (non-hydrogen) atoms. The molecule has 1 saturated heterocycles. The predicted octanol–water partition coefficient (Wildman–Crippen LogP) is 2.92. The minimum Gasteiger partial charge on any atom is -0.482 e. The van der Waals surface area contributed by atoms with E-state index in [9.17, 15) is 14.7 Å². The van der Waals surface area contributed by atoms with Crippen LogP contribution < -0.4 is 10.1 Å². The molecule has 1 aliphatic rings. The molecule has 2 aromatic rings. The third-order valence-electron chi connectivity index (χ3n) is 4.67. The van der Waals surface area contributed by atoms with Gasteiger partial charge in [0.15, 0.2) is 6.61 Å². The van der Waals surface area contributed by atoms with Gasteiger partial charge in [-0.2, -0.15) is 0 Å². The Labute approximate surface area is 169 Å². The molecule has 0 aliphatic carbocycles. The molecule has 1 fully saturated rings. The number of nitrogens with zero attached hydrogens (tertiary/aromatic N) is 1. The summed E-state index contributed by atoms with van der Waals surface area (Å²) >= 11 is 1.32. The average Bonchev–Trinajstić information content (AvgIpc) is 3.17. The molecule has 3 rings (SSSR count). The van der Waals surface area contributed by atoms with Gasteiger partial charge in [-0.3, -0.25) is 9.59 Å². The number of hydrogen-bond acceptors (Lipinski definition) is 5. The SMILES string of the molecule is CC(CO)NC(=O)c1sc(-c2ccccc2)cc1OCC(=O)N1CCCCC1. The van der Waals surface area contributed by atoms with E-state index in [0.29, 0.717) is 10.6 Å². The second kappa shape index (κ2) is 9.71. The summed E-state index contributed by atoms with van der Waals surface area (Å²) in [5, 5.41) is 12.0. The van der Waals surface area contributed by atoms with Crippen LogP contribution in [0.3, 0.4) is 0 Å². The van der Waals surface area contributed by atoms with Crippen LogP contribution in [0.25, 0.3) is 10.4 Å². The van der Waals surface area contributed by atoms with Crippen molar-refractivity contribution in [1.29, 1.82) is 0 Å². The lowest BCUT2D eigenvalue weighted by atomic mass is 10.1. The molecule has 150 valence electrons. The van der Waals surface area contributed by atoms with Gasteiger partial charge < -0.3 is 20.1 Å². The molecule has 0 bridgehead atoms. The number of aliphatic hydroxyl groups excluding tert-OH is 1. The zero-order valence-corrected chi connectivity index (χ0v) is 16.8. The van der Waals surface area contributed by atoms with Gasteiger partial charge in [0, 0.05) is 24.0 Å². The van der Waals surface area contributed by atoms with Crippen molar-refractivity contribution in [3.05, 3.63) is 41.3 Å². The topological polar surface area (TPSA) is 78.9 Å². The molecular formula is C21H26N2O4S. The summed E-state index contributed by atoms with van der Waals surface area (Å²) in [4.78, 5) is 28.2. The normalized spacial score (nSPS) is 15.1. The quantitative estimate of drug-likeness (QED) is 0.746. The van der Waals surface area contributed by atoms with Crippen molar-refractivity contribution in [2.24, 2.45) is 0 Å². The number of likely N-dealkylation sites (tertiary alicyclic amines) is 1. The molecule has 1 aromatic carbocycles. The fourth-order valence-electron chi connectivity index (χ4n) is 3.09. The molecule has 2 heterocycles. The molecule has 0 spiro atoms. The van der Waals surface area contributed by atoms with E-state index in [1.807, 2.05) is 41.3 Å². The van der Waals surface area contributed by atoms with Gasteiger partial charge in [-0.1, -0.05) is 30.3 Å². The maximum atomic E-state index is 12.6. The van der Waals surface area contributed by atoms with Gasteiger partial charge in [0.1, 0.15) is 10.6 Å². The maximum Gasteiger partial charge on any atom is 0.265 e. The highest BCUT2D eigenvalue weighted by Crippen LogP contribution is 2.36. The highest BCUT2D eigenvalue weighted by molar-refractivity contribution is 7.17. The van der Waals surface area contributed by atoms with Gasteiger partial charge in [-0.25, -0.2) is 0 Å². The van der Waals surface area contributed by atoms with E-state index < -0.39 is 0 Å². The molecule has 1 atom stereocenters. The van der Waals surface area contributed by atoms with Gasteiger partial charge in [0.2, 0.25) is 0 Å². The lowest BCUT2D eigenvalue weighted by Gasteiger charge is -2.26. The summed E-state index contributed by atoms with van der Waals surface area (Å²) in [5.74, 6) is 0.0354. The number of amides is 2. The van der Waals surface area contributed by atoms with E-state index in [-0.39, 0.29) is 31.1 Å². The third kappa shape index (κ3) is 5.11. The van der Waals surface area contributed by atoms with Gasteiger partial charge in [-0.05, 0) is 37.8 Å². The van der Waals surface area contributed by atoms with Gasteiger partial charge in [-0.15, -0.1) is 11.3 Å². The van der Waals surface area contributed by atoms with E-state index in [0.717, 1.165) is 42.8 Å². The molecule has 6 nitrogen and oxygen atoms in total. The van der Waals surface area contributed by atoms with Crippen LogP contribution >= 0.6 is 11.3 Å². The summed E-state index contributed by atoms with van der Waals surface area (Å²) in [7, 11) is 0. The summed E-state index contributed by atoms with van der Waals surface area (Å²) in [5.41, 5.74) is 0.981. The van der Waals surface area contributed by atoms with Crippen LogP contribution in [-0.4, -0.2) is 54.2 Å². The van der Waals surface area contributed by atoms with Crippen LogP contribution in [0.5, 0.6) is 5.75 Å². The van der Waals surface area contributed by atoms with Crippen LogP contribution in [0, 0.1) is 0 Å². The number of rotatable bonds is 7. The standard InChI is InChI=1S/C21H26N2O4S/c1-15(13-24)22-21(26)20-17(12-18(28-20)16-8-4-2-5-9-16)27-14-19(25)23-10-6-3-7-11-23/h2,4-5,8-9,12,15,24H,3,6-7,10-11,13-14H2,1H3,(H,22,26). The highest BCUT2D eigenvalue weighted by atomic mass is 32.1. The second-order valence-electron chi connectivity index (χ2n) is 6.96. The number of carbonyl (C=O) groups excluding carboxylic acids is 2. The Morgan fingerprint density at radius 3 is 2.61 bits per heavy atom. The maximum absolute atomic E-state index is 12.6.